The largest absolute Gasteiger partial charge is 0.316 e. The molecule has 24 heavy (non-hydrogen) atoms. The van der Waals surface area contributed by atoms with Crippen LogP contribution in [0.15, 0.2) is 59.5 Å². The third-order valence-electron chi connectivity index (χ3n) is 4.50. The Bertz CT molecular complexity index is 754. The molecule has 2 aromatic rings. The maximum atomic E-state index is 12.7. The Morgan fingerprint density at radius 2 is 1.79 bits per heavy atom. The maximum Gasteiger partial charge on any atom is 0.241 e. The first-order chi connectivity index (χ1) is 11.7. The normalized spacial score (nSPS) is 18.4. The second kappa shape index (κ2) is 7.92. The van der Waals surface area contributed by atoms with Crippen molar-refractivity contribution in [3.05, 3.63) is 54.6 Å². The van der Waals surface area contributed by atoms with Crippen molar-refractivity contribution < 1.29 is 8.42 Å². The Kier molecular flexibility index (Phi) is 5.66. The van der Waals surface area contributed by atoms with Crippen LogP contribution in [0.3, 0.4) is 0 Å². The zero-order chi connectivity index (χ0) is 16.8. The second-order valence-electron chi connectivity index (χ2n) is 6.26. The van der Waals surface area contributed by atoms with Crippen molar-refractivity contribution in [2.45, 2.75) is 24.2 Å². The molecule has 2 N–H and O–H groups in total. The van der Waals surface area contributed by atoms with Crippen LogP contribution in [0.5, 0.6) is 0 Å². The highest BCUT2D eigenvalue weighted by Gasteiger charge is 2.20. The standard InChI is InChI=1S/C19H24N2O2S/c22-24(23,21-14-12-16-7-6-13-20-15-16)19-11-5-4-10-18(19)17-8-2-1-3-9-17/h1-5,8-11,16,20-21H,6-7,12-15H2. The molecule has 1 saturated heterocycles. The Balaban J connectivity index is 1.73. The third-order valence-corrected chi connectivity index (χ3v) is 6.02. The molecule has 2 aromatic carbocycles. The lowest BCUT2D eigenvalue weighted by Gasteiger charge is -2.22. The fourth-order valence-electron chi connectivity index (χ4n) is 3.20. The molecule has 0 bridgehead atoms. The van der Waals surface area contributed by atoms with Gasteiger partial charge in [0.1, 0.15) is 0 Å². The molecule has 0 radical (unpaired) electrons. The van der Waals surface area contributed by atoms with Crippen LogP contribution in [0.2, 0.25) is 0 Å². The quantitative estimate of drug-likeness (QED) is 0.847. The molecule has 3 rings (SSSR count). The van der Waals surface area contributed by atoms with Crippen molar-refractivity contribution in [2.24, 2.45) is 5.92 Å². The summed E-state index contributed by atoms with van der Waals surface area (Å²) in [7, 11) is -3.51. The number of hydrogen-bond donors (Lipinski definition) is 2. The van der Waals surface area contributed by atoms with Gasteiger partial charge in [-0.1, -0.05) is 48.5 Å². The summed E-state index contributed by atoms with van der Waals surface area (Å²) in [6.45, 7) is 2.55. The maximum absolute atomic E-state index is 12.7. The number of hydrogen-bond acceptors (Lipinski definition) is 3. The average molecular weight is 344 g/mol. The van der Waals surface area contributed by atoms with E-state index in [4.69, 9.17) is 0 Å². The minimum absolute atomic E-state index is 0.345. The first-order valence-corrected chi connectivity index (χ1v) is 10.00. The van der Waals surface area contributed by atoms with E-state index in [9.17, 15) is 8.42 Å². The van der Waals surface area contributed by atoms with Crippen LogP contribution in [0, 0.1) is 5.92 Å². The summed E-state index contributed by atoms with van der Waals surface area (Å²) in [5, 5.41) is 3.37. The third kappa shape index (κ3) is 4.23. The summed E-state index contributed by atoms with van der Waals surface area (Å²) in [5.74, 6) is 0.561. The summed E-state index contributed by atoms with van der Waals surface area (Å²) in [4.78, 5) is 0.345. The van der Waals surface area contributed by atoms with Crippen LogP contribution < -0.4 is 10.0 Å². The van der Waals surface area contributed by atoms with Gasteiger partial charge in [0.15, 0.2) is 0 Å². The molecule has 0 spiro atoms. The minimum Gasteiger partial charge on any atom is -0.316 e. The number of rotatable bonds is 6. The van der Waals surface area contributed by atoms with Gasteiger partial charge < -0.3 is 5.32 Å². The SMILES string of the molecule is O=S(=O)(NCCC1CCCNC1)c1ccccc1-c1ccccc1. The molecule has 1 unspecified atom stereocenters. The van der Waals surface area contributed by atoms with Gasteiger partial charge in [-0.15, -0.1) is 0 Å². The van der Waals surface area contributed by atoms with Gasteiger partial charge in [-0.25, -0.2) is 13.1 Å². The van der Waals surface area contributed by atoms with Crippen LogP contribution in [0.25, 0.3) is 11.1 Å². The number of piperidine rings is 1. The molecule has 1 aliphatic heterocycles. The molecule has 0 aliphatic carbocycles. The van der Waals surface area contributed by atoms with Gasteiger partial charge in [0, 0.05) is 12.1 Å². The number of sulfonamides is 1. The molecule has 0 saturated carbocycles. The molecule has 0 amide bonds. The fraction of sp³-hybridized carbons (Fsp3) is 0.368. The smallest absolute Gasteiger partial charge is 0.241 e. The topological polar surface area (TPSA) is 58.2 Å². The number of nitrogens with one attached hydrogen (secondary N) is 2. The van der Waals surface area contributed by atoms with E-state index in [0.717, 1.165) is 30.6 Å². The van der Waals surface area contributed by atoms with Crippen molar-refractivity contribution in [3.8, 4) is 11.1 Å². The van der Waals surface area contributed by atoms with Crippen LogP contribution in [0.1, 0.15) is 19.3 Å². The molecular formula is C19H24N2O2S. The van der Waals surface area contributed by atoms with E-state index in [-0.39, 0.29) is 0 Å². The molecule has 5 heteroatoms. The van der Waals surface area contributed by atoms with Crippen LogP contribution in [-0.2, 0) is 10.0 Å². The lowest BCUT2D eigenvalue weighted by molar-refractivity contribution is 0.358. The van der Waals surface area contributed by atoms with E-state index in [1.165, 1.54) is 12.8 Å². The molecule has 1 atom stereocenters. The zero-order valence-corrected chi connectivity index (χ0v) is 14.6. The lowest BCUT2D eigenvalue weighted by Crippen LogP contribution is -2.33. The minimum atomic E-state index is -3.51. The Morgan fingerprint density at radius 1 is 1.04 bits per heavy atom. The average Bonchev–Trinajstić information content (AvgIpc) is 2.63. The van der Waals surface area contributed by atoms with E-state index in [2.05, 4.69) is 10.0 Å². The summed E-state index contributed by atoms with van der Waals surface area (Å²) >= 11 is 0. The van der Waals surface area contributed by atoms with E-state index in [1.54, 1.807) is 12.1 Å². The fourth-order valence-corrected chi connectivity index (χ4v) is 4.48. The second-order valence-corrected chi connectivity index (χ2v) is 8.00. The molecule has 1 heterocycles. The monoisotopic (exact) mass is 344 g/mol. The Morgan fingerprint density at radius 3 is 2.54 bits per heavy atom. The summed E-state index contributed by atoms with van der Waals surface area (Å²) in [5.41, 5.74) is 1.65. The van der Waals surface area contributed by atoms with Gasteiger partial charge in [-0.05, 0) is 49.9 Å². The molecule has 0 aromatic heterocycles. The van der Waals surface area contributed by atoms with E-state index < -0.39 is 10.0 Å². The van der Waals surface area contributed by atoms with Crippen molar-refractivity contribution in [1.29, 1.82) is 0 Å². The van der Waals surface area contributed by atoms with Crippen molar-refractivity contribution >= 4 is 10.0 Å². The van der Waals surface area contributed by atoms with Crippen LogP contribution in [0.4, 0.5) is 0 Å². The van der Waals surface area contributed by atoms with E-state index >= 15 is 0 Å². The van der Waals surface area contributed by atoms with Crippen molar-refractivity contribution in [1.82, 2.24) is 10.0 Å². The van der Waals surface area contributed by atoms with Gasteiger partial charge >= 0.3 is 0 Å². The zero-order valence-electron chi connectivity index (χ0n) is 13.7. The van der Waals surface area contributed by atoms with Crippen molar-refractivity contribution in [3.63, 3.8) is 0 Å². The first-order valence-electron chi connectivity index (χ1n) is 8.52. The molecule has 128 valence electrons. The predicted molar refractivity (Wildman–Crippen MR) is 97.3 cm³/mol. The highest BCUT2D eigenvalue weighted by Crippen LogP contribution is 2.27. The Hall–Kier alpha value is -1.69. The van der Waals surface area contributed by atoms with Crippen LogP contribution in [-0.4, -0.2) is 28.1 Å². The highest BCUT2D eigenvalue weighted by molar-refractivity contribution is 7.89. The van der Waals surface area contributed by atoms with Crippen molar-refractivity contribution in [2.75, 3.05) is 19.6 Å². The summed E-state index contributed by atoms with van der Waals surface area (Å²) in [6, 6.07) is 16.8. The Labute approximate surface area is 144 Å². The van der Waals surface area contributed by atoms with E-state index in [0.29, 0.717) is 17.4 Å². The van der Waals surface area contributed by atoms with Gasteiger partial charge in [-0.2, -0.15) is 0 Å². The van der Waals surface area contributed by atoms with Gasteiger partial charge in [0.05, 0.1) is 4.90 Å². The molecule has 4 nitrogen and oxygen atoms in total. The first kappa shape index (κ1) is 17.1. The van der Waals surface area contributed by atoms with E-state index in [1.807, 2.05) is 42.5 Å². The number of benzene rings is 2. The van der Waals surface area contributed by atoms with Gasteiger partial charge in [-0.3, -0.25) is 0 Å². The molecule has 1 fully saturated rings. The highest BCUT2D eigenvalue weighted by atomic mass is 32.2. The summed E-state index contributed by atoms with van der Waals surface area (Å²) < 4.78 is 28.3. The molecular weight excluding hydrogens is 320 g/mol. The van der Waals surface area contributed by atoms with Gasteiger partial charge in [0.2, 0.25) is 10.0 Å². The van der Waals surface area contributed by atoms with Gasteiger partial charge in [0.25, 0.3) is 0 Å². The predicted octanol–water partition coefficient (Wildman–Crippen LogP) is 3.02. The van der Waals surface area contributed by atoms with Crippen LogP contribution >= 0.6 is 0 Å². The summed E-state index contributed by atoms with van der Waals surface area (Å²) in [6.07, 6.45) is 3.23. The molecule has 1 aliphatic rings. The lowest BCUT2D eigenvalue weighted by atomic mass is 9.96.